The van der Waals surface area contributed by atoms with Crippen molar-refractivity contribution in [1.29, 1.82) is 0 Å². The van der Waals surface area contributed by atoms with E-state index in [9.17, 15) is 9.59 Å². The molecule has 1 aliphatic heterocycles. The second-order valence-corrected chi connectivity index (χ2v) is 6.21. The topological polar surface area (TPSA) is 86.4 Å². The molecule has 0 spiro atoms. The molecule has 1 fully saturated rings. The first-order valence-electron chi connectivity index (χ1n) is 8.59. The van der Waals surface area contributed by atoms with Gasteiger partial charge in [0.25, 0.3) is 0 Å². The normalized spacial score (nSPS) is 16.4. The molecule has 0 radical (unpaired) electrons. The standard InChI is InChI=1S/C17H27N5O2/c1-4-12(2)19-16(23)13(3)20-17(24)21-14-8-7-9-18-15(14)22-10-5-6-11-22/h7-9,12-13H,4-6,10-11H2,1-3H3,(H,19,23)(H2,20,21,24)/t12-,13+/m0/s1. The minimum atomic E-state index is -0.606. The summed E-state index contributed by atoms with van der Waals surface area (Å²) in [5.74, 6) is 0.590. The molecule has 2 atom stereocenters. The molecule has 3 amide bonds. The van der Waals surface area contributed by atoms with Crippen LogP contribution < -0.4 is 20.9 Å². The Morgan fingerprint density at radius 3 is 2.62 bits per heavy atom. The van der Waals surface area contributed by atoms with E-state index in [1.807, 2.05) is 19.9 Å². The average Bonchev–Trinajstić information content (AvgIpc) is 3.09. The zero-order chi connectivity index (χ0) is 17.5. The first-order chi connectivity index (χ1) is 11.5. The highest BCUT2D eigenvalue weighted by molar-refractivity contribution is 5.95. The molecule has 7 heteroatoms. The third kappa shape index (κ3) is 4.84. The molecule has 0 aliphatic carbocycles. The molecule has 132 valence electrons. The summed E-state index contributed by atoms with van der Waals surface area (Å²) < 4.78 is 0. The van der Waals surface area contributed by atoms with Gasteiger partial charge in [-0.2, -0.15) is 0 Å². The summed E-state index contributed by atoms with van der Waals surface area (Å²) in [5, 5.41) is 8.33. The zero-order valence-corrected chi connectivity index (χ0v) is 14.6. The van der Waals surface area contributed by atoms with Crippen LogP contribution in [0.15, 0.2) is 18.3 Å². The summed E-state index contributed by atoms with van der Waals surface area (Å²) in [6.45, 7) is 7.49. The van der Waals surface area contributed by atoms with Crippen LogP contribution in [0.4, 0.5) is 16.3 Å². The van der Waals surface area contributed by atoms with E-state index in [0.717, 1.165) is 38.2 Å². The van der Waals surface area contributed by atoms with Gasteiger partial charge in [-0.05, 0) is 45.2 Å². The number of hydrogen-bond donors (Lipinski definition) is 3. The number of carbonyl (C=O) groups excluding carboxylic acids is 2. The molecule has 24 heavy (non-hydrogen) atoms. The van der Waals surface area contributed by atoms with Gasteiger partial charge in [-0.15, -0.1) is 0 Å². The first kappa shape index (κ1) is 18.0. The molecule has 0 saturated carbocycles. The molecule has 7 nitrogen and oxygen atoms in total. The highest BCUT2D eigenvalue weighted by Gasteiger charge is 2.20. The number of hydrogen-bond acceptors (Lipinski definition) is 4. The average molecular weight is 333 g/mol. The summed E-state index contributed by atoms with van der Waals surface area (Å²) >= 11 is 0. The van der Waals surface area contributed by atoms with Crippen molar-refractivity contribution in [1.82, 2.24) is 15.6 Å². The van der Waals surface area contributed by atoms with Crippen molar-refractivity contribution in [2.24, 2.45) is 0 Å². The van der Waals surface area contributed by atoms with E-state index in [4.69, 9.17) is 0 Å². The van der Waals surface area contributed by atoms with Crippen LogP contribution in [0.5, 0.6) is 0 Å². The third-order valence-corrected chi connectivity index (χ3v) is 4.18. The number of nitrogens with one attached hydrogen (secondary N) is 3. The number of aromatic nitrogens is 1. The van der Waals surface area contributed by atoms with E-state index in [-0.39, 0.29) is 11.9 Å². The second-order valence-electron chi connectivity index (χ2n) is 6.21. The lowest BCUT2D eigenvalue weighted by Crippen LogP contribution is -2.48. The van der Waals surface area contributed by atoms with Crippen LogP contribution in [-0.2, 0) is 4.79 Å². The summed E-state index contributed by atoms with van der Waals surface area (Å²) in [6, 6.07) is 2.68. The monoisotopic (exact) mass is 333 g/mol. The fraction of sp³-hybridized carbons (Fsp3) is 0.588. The predicted molar refractivity (Wildman–Crippen MR) is 95.2 cm³/mol. The molecule has 0 unspecified atom stereocenters. The summed E-state index contributed by atoms with van der Waals surface area (Å²) in [7, 11) is 0. The van der Waals surface area contributed by atoms with Gasteiger partial charge in [0.05, 0.1) is 5.69 Å². The highest BCUT2D eigenvalue weighted by Crippen LogP contribution is 2.25. The Hall–Kier alpha value is -2.31. The molecule has 2 heterocycles. The summed E-state index contributed by atoms with van der Waals surface area (Å²) in [5.41, 5.74) is 0.659. The number of carbonyl (C=O) groups is 2. The Morgan fingerprint density at radius 2 is 1.96 bits per heavy atom. The largest absolute Gasteiger partial charge is 0.355 e. The Labute approximate surface area is 143 Å². The summed E-state index contributed by atoms with van der Waals surface area (Å²) in [4.78, 5) is 30.7. The lowest BCUT2D eigenvalue weighted by molar-refractivity contribution is -0.123. The van der Waals surface area contributed by atoms with Crippen molar-refractivity contribution in [3.05, 3.63) is 18.3 Å². The SMILES string of the molecule is CC[C@H](C)NC(=O)[C@@H](C)NC(=O)Nc1cccnc1N1CCCC1. The van der Waals surface area contributed by atoms with Crippen LogP contribution in [-0.4, -0.2) is 42.1 Å². The van der Waals surface area contributed by atoms with E-state index < -0.39 is 12.1 Å². The fourth-order valence-corrected chi connectivity index (χ4v) is 2.57. The van der Waals surface area contributed by atoms with Gasteiger partial charge in [0.1, 0.15) is 6.04 Å². The van der Waals surface area contributed by atoms with E-state index in [2.05, 4.69) is 25.8 Å². The predicted octanol–water partition coefficient (Wildman–Crippen LogP) is 2.11. The molecule has 3 N–H and O–H groups in total. The molecular formula is C17H27N5O2. The molecule has 1 aromatic rings. The van der Waals surface area contributed by atoms with E-state index in [1.54, 1.807) is 19.2 Å². The second kappa shape index (κ2) is 8.52. The van der Waals surface area contributed by atoms with E-state index >= 15 is 0 Å². The number of nitrogens with zero attached hydrogens (tertiary/aromatic N) is 2. The minimum absolute atomic E-state index is 0.0879. The van der Waals surface area contributed by atoms with Crippen molar-refractivity contribution in [2.45, 2.75) is 52.1 Å². The van der Waals surface area contributed by atoms with Gasteiger partial charge in [-0.25, -0.2) is 9.78 Å². The molecule has 0 aromatic carbocycles. The van der Waals surface area contributed by atoms with Gasteiger partial charge < -0.3 is 20.9 Å². The number of amides is 3. The maximum absolute atomic E-state index is 12.2. The molecule has 1 aliphatic rings. The molecule has 1 saturated heterocycles. The van der Waals surface area contributed by atoms with Crippen LogP contribution in [0.2, 0.25) is 0 Å². The molecular weight excluding hydrogens is 306 g/mol. The quantitative estimate of drug-likeness (QED) is 0.744. The minimum Gasteiger partial charge on any atom is -0.355 e. The molecule has 1 aromatic heterocycles. The Kier molecular flexibility index (Phi) is 6.40. The van der Waals surface area contributed by atoms with Crippen LogP contribution >= 0.6 is 0 Å². The van der Waals surface area contributed by atoms with Crippen LogP contribution in [0.3, 0.4) is 0 Å². The Bertz CT molecular complexity index is 572. The van der Waals surface area contributed by atoms with Crippen molar-refractivity contribution < 1.29 is 9.59 Å². The van der Waals surface area contributed by atoms with Crippen LogP contribution in [0, 0.1) is 0 Å². The van der Waals surface area contributed by atoms with Crippen LogP contribution in [0.1, 0.15) is 40.0 Å². The highest BCUT2D eigenvalue weighted by atomic mass is 16.2. The van der Waals surface area contributed by atoms with Crippen molar-refractivity contribution >= 4 is 23.4 Å². The van der Waals surface area contributed by atoms with Gasteiger partial charge in [0, 0.05) is 25.3 Å². The van der Waals surface area contributed by atoms with Crippen molar-refractivity contribution in [2.75, 3.05) is 23.3 Å². The maximum Gasteiger partial charge on any atom is 0.319 e. The summed E-state index contributed by atoms with van der Waals surface area (Å²) in [6.07, 6.45) is 4.84. The Balaban J connectivity index is 1.94. The zero-order valence-electron chi connectivity index (χ0n) is 14.6. The van der Waals surface area contributed by atoms with Gasteiger partial charge >= 0.3 is 6.03 Å². The van der Waals surface area contributed by atoms with Gasteiger partial charge in [-0.3, -0.25) is 4.79 Å². The third-order valence-electron chi connectivity index (χ3n) is 4.18. The van der Waals surface area contributed by atoms with Crippen LogP contribution in [0.25, 0.3) is 0 Å². The van der Waals surface area contributed by atoms with E-state index in [0.29, 0.717) is 5.69 Å². The number of pyridine rings is 1. The maximum atomic E-state index is 12.2. The number of anilines is 2. The first-order valence-corrected chi connectivity index (χ1v) is 8.59. The van der Waals surface area contributed by atoms with E-state index in [1.165, 1.54) is 0 Å². The van der Waals surface area contributed by atoms with Gasteiger partial charge in [0.15, 0.2) is 5.82 Å². The lowest BCUT2D eigenvalue weighted by Gasteiger charge is -2.21. The fourth-order valence-electron chi connectivity index (χ4n) is 2.57. The number of urea groups is 1. The smallest absolute Gasteiger partial charge is 0.319 e. The van der Waals surface area contributed by atoms with Crippen molar-refractivity contribution in [3.63, 3.8) is 0 Å². The lowest BCUT2D eigenvalue weighted by atomic mass is 10.2. The van der Waals surface area contributed by atoms with Gasteiger partial charge in [0.2, 0.25) is 5.91 Å². The molecule has 0 bridgehead atoms. The number of rotatable bonds is 6. The molecule has 2 rings (SSSR count). The Morgan fingerprint density at radius 1 is 1.25 bits per heavy atom. The van der Waals surface area contributed by atoms with Gasteiger partial charge in [-0.1, -0.05) is 6.92 Å². The van der Waals surface area contributed by atoms with Crippen molar-refractivity contribution in [3.8, 4) is 0 Å².